The van der Waals surface area contributed by atoms with Crippen LogP contribution in [0.3, 0.4) is 0 Å². The molecular formula is C17H17N3O3S. The van der Waals surface area contributed by atoms with Crippen molar-refractivity contribution < 1.29 is 9.90 Å². The maximum Gasteiger partial charge on any atom is 0.262 e. The van der Waals surface area contributed by atoms with Crippen LogP contribution in [-0.2, 0) is 6.54 Å². The lowest BCUT2D eigenvalue weighted by Gasteiger charge is -2.05. The van der Waals surface area contributed by atoms with E-state index in [2.05, 4.69) is 10.3 Å². The minimum atomic E-state index is -0.293. The molecule has 124 valence electrons. The number of hydrogen-bond donors (Lipinski definition) is 2. The smallest absolute Gasteiger partial charge is 0.262 e. The van der Waals surface area contributed by atoms with Crippen LogP contribution in [0, 0.1) is 6.92 Å². The number of aliphatic hydroxyl groups is 1. The predicted octanol–water partition coefficient (Wildman–Crippen LogP) is 1.54. The van der Waals surface area contributed by atoms with Gasteiger partial charge in [0.1, 0.15) is 4.83 Å². The van der Waals surface area contributed by atoms with Gasteiger partial charge in [0.2, 0.25) is 0 Å². The highest BCUT2D eigenvalue weighted by Crippen LogP contribution is 2.26. The molecule has 0 aliphatic carbocycles. The summed E-state index contributed by atoms with van der Waals surface area (Å²) in [6.45, 7) is 2.24. The molecule has 0 aliphatic rings. The van der Waals surface area contributed by atoms with Gasteiger partial charge in [-0.25, -0.2) is 4.98 Å². The third kappa shape index (κ3) is 3.08. The lowest BCUT2D eigenvalue weighted by atomic mass is 10.2. The van der Waals surface area contributed by atoms with Gasteiger partial charge in [0.05, 0.1) is 29.7 Å². The first-order chi connectivity index (χ1) is 11.6. The summed E-state index contributed by atoms with van der Waals surface area (Å²) >= 11 is 1.19. The maximum absolute atomic E-state index is 12.8. The van der Waals surface area contributed by atoms with E-state index in [0.717, 1.165) is 5.56 Å². The van der Waals surface area contributed by atoms with Crippen LogP contribution in [0.1, 0.15) is 20.8 Å². The first-order valence-corrected chi connectivity index (χ1v) is 8.35. The summed E-state index contributed by atoms with van der Waals surface area (Å²) in [5, 5.41) is 11.9. The Hall–Kier alpha value is -2.51. The second-order valence-corrected chi connectivity index (χ2v) is 6.38. The SMILES string of the molecule is Cc1c(C(=O)NCCO)sc2ncn(Cc3ccccc3)c(=O)c12. The minimum absolute atomic E-state index is 0.127. The van der Waals surface area contributed by atoms with Crippen LogP contribution in [0.25, 0.3) is 10.2 Å². The normalized spacial score (nSPS) is 10.9. The first kappa shape index (κ1) is 16.4. The second-order valence-electron chi connectivity index (χ2n) is 5.38. The molecule has 3 rings (SSSR count). The summed E-state index contributed by atoms with van der Waals surface area (Å²) in [7, 11) is 0. The predicted molar refractivity (Wildman–Crippen MR) is 93.6 cm³/mol. The average Bonchev–Trinajstić information content (AvgIpc) is 2.94. The molecule has 0 unspecified atom stereocenters. The van der Waals surface area contributed by atoms with Crippen LogP contribution in [0.15, 0.2) is 41.5 Å². The van der Waals surface area contributed by atoms with Gasteiger partial charge < -0.3 is 10.4 Å². The van der Waals surface area contributed by atoms with Crippen LogP contribution in [0.5, 0.6) is 0 Å². The Morgan fingerprint density at radius 1 is 1.33 bits per heavy atom. The van der Waals surface area contributed by atoms with Crippen LogP contribution in [0.4, 0.5) is 0 Å². The Labute approximate surface area is 142 Å². The number of carbonyl (C=O) groups is 1. The van der Waals surface area contributed by atoms with Gasteiger partial charge in [-0.1, -0.05) is 30.3 Å². The Bertz CT molecular complexity index is 931. The molecule has 2 aromatic heterocycles. The Balaban J connectivity index is 2.01. The van der Waals surface area contributed by atoms with E-state index >= 15 is 0 Å². The van der Waals surface area contributed by atoms with Gasteiger partial charge in [0.15, 0.2) is 0 Å². The molecule has 0 saturated carbocycles. The molecule has 24 heavy (non-hydrogen) atoms. The molecule has 3 aromatic rings. The number of benzene rings is 1. The fourth-order valence-electron chi connectivity index (χ4n) is 2.52. The molecule has 1 amide bonds. The highest BCUT2D eigenvalue weighted by molar-refractivity contribution is 7.20. The number of aryl methyl sites for hydroxylation is 1. The van der Waals surface area contributed by atoms with E-state index in [4.69, 9.17) is 5.11 Å². The highest BCUT2D eigenvalue weighted by Gasteiger charge is 2.19. The monoisotopic (exact) mass is 343 g/mol. The summed E-state index contributed by atoms with van der Waals surface area (Å²) < 4.78 is 1.55. The number of fused-ring (bicyclic) bond motifs is 1. The number of hydrogen-bond acceptors (Lipinski definition) is 5. The van der Waals surface area contributed by atoms with Crippen molar-refractivity contribution in [3.05, 3.63) is 63.0 Å². The molecule has 0 fully saturated rings. The van der Waals surface area contributed by atoms with Gasteiger partial charge in [0, 0.05) is 6.54 Å². The van der Waals surface area contributed by atoms with Gasteiger partial charge in [0.25, 0.3) is 11.5 Å². The number of nitrogens with one attached hydrogen (secondary N) is 1. The molecule has 0 aliphatic heterocycles. The van der Waals surface area contributed by atoms with E-state index in [-0.39, 0.29) is 24.6 Å². The summed E-state index contributed by atoms with van der Waals surface area (Å²) in [5.74, 6) is -0.293. The largest absolute Gasteiger partial charge is 0.395 e. The van der Waals surface area contributed by atoms with Crippen molar-refractivity contribution in [3.8, 4) is 0 Å². The second kappa shape index (κ2) is 6.94. The molecular weight excluding hydrogens is 326 g/mol. The Kier molecular flexibility index (Phi) is 4.73. The molecule has 6 nitrogen and oxygen atoms in total. The number of nitrogens with zero attached hydrogens (tertiary/aromatic N) is 2. The number of carbonyl (C=O) groups excluding carboxylic acids is 1. The van der Waals surface area contributed by atoms with Crippen molar-refractivity contribution in [3.63, 3.8) is 0 Å². The van der Waals surface area contributed by atoms with Crippen molar-refractivity contribution in [2.45, 2.75) is 13.5 Å². The number of amides is 1. The molecule has 0 radical (unpaired) electrons. The highest BCUT2D eigenvalue weighted by atomic mass is 32.1. The van der Waals surface area contributed by atoms with Gasteiger partial charge in [-0.15, -0.1) is 11.3 Å². The van der Waals surface area contributed by atoms with Crippen LogP contribution >= 0.6 is 11.3 Å². The molecule has 2 heterocycles. The molecule has 7 heteroatoms. The number of thiophene rings is 1. The van der Waals surface area contributed by atoms with Crippen LogP contribution in [-0.4, -0.2) is 33.7 Å². The zero-order valence-corrected chi connectivity index (χ0v) is 14.0. The topological polar surface area (TPSA) is 84.2 Å². The molecule has 0 atom stereocenters. The van der Waals surface area contributed by atoms with E-state index in [9.17, 15) is 9.59 Å². The summed E-state index contributed by atoms with van der Waals surface area (Å²) in [4.78, 5) is 30.2. The summed E-state index contributed by atoms with van der Waals surface area (Å²) in [6.07, 6.45) is 1.52. The molecule has 0 saturated heterocycles. The number of aliphatic hydroxyl groups excluding tert-OH is 1. The van der Waals surface area contributed by atoms with E-state index in [1.807, 2.05) is 30.3 Å². The quantitative estimate of drug-likeness (QED) is 0.736. The van der Waals surface area contributed by atoms with Crippen molar-refractivity contribution in [2.24, 2.45) is 0 Å². The summed E-state index contributed by atoms with van der Waals surface area (Å²) in [6, 6.07) is 9.67. The number of rotatable bonds is 5. The van der Waals surface area contributed by atoms with Gasteiger partial charge >= 0.3 is 0 Å². The van der Waals surface area contributed by atoms with Crippen molar-refractivity contribution in [2.75, 3.05) is 13.2 Å². The van der Waals surface area contributed by atoms with Gasteiger partial charge in [-0.2, -0.15) is 0 Å². The Morgan fingerprint density at radius 2 is 2.08 bits per heavy atom. The van der Waals surface area contributed by atoms with E-state index < -0.39 is 0 Å². The van der Waals surface area contributed by atoms with Crippen LogP contribution < -0.4 is 10.9 Å². The molecule has 0 bridgehead atoms. The third-order valence-electron chi connectivity index (χ3n) is 3.72. The molecule has 0 spiro atoms. The molecule has 2 N–H and O–H groups in total. The van der Waals surface area contributed by atoms with Gasteiger partial charge in [-0.05, 0) is 18.1 Å². The maximum atomic E-state index is 12.8. The van der Waals surface area contributed by atoms with Crippen molar-refractivity contribution in [1.29, 1.82) is 0 Å². The number of aromatic nitrogens is 2. The molecule has 1 aromatic carbocycles. The zero-order valence-electron chi connectivity index (χ0n) is 13.2. The van der Waals surface area contributed by atoms with E-state index in [1.54, 1.807) is 11.5 Å². The van der Waals surface area contributed by atoms with Crippen molar-refractivity contribution in [1.82, 2.24) is 14.9 Å². The third-order valence-corrected chi connectivity index (χ3v) is 4.92. The zero-order chi connectivity index (χ0) is 17.1. The minimum Gasteiger partial charge on any atom is -0.395 e. The standard InChI is InChI=1S/C17H17N3O3S/c1-11-13-16(24-14(11)15(22)18-7-8-21)19-10-20(17(13)23)9-12-5-3-2-4-6-12/h2-6,10,21H,7-9H2,1H3,(H,18,22). The van der Waals surface area contributed by atoms with Gasteiger partial charge in [-0.3, -0.25) is 14.2 Å². The van der Waals surface area contributed by atoms with E-state index in [0.29, 0.717) is 27.2 Å². The first-order valence-electron chi connectivity index (χ1n) is 7.53. The van der Waals surface area contributed by atoms with Crippen LogP contribution in [0.2, 0.25) is 0 Å². The fraction of sp³-hybridized carbons (Fsp3) is 0.235. The fourth-order valence-corrected chi connectivity index (χ4v) is 3.57. The van der Waals surface area contributed by atoms with E-state index in [1.165, 1.54) is 17.7 Å². The lowest BCUT2D eigenvalue weighted by molar-refractivity contribution is 0.0948. The lowest BCUT2D eigenvalue weighted by Crippen LogP contribution is -2.26. The average molecular weight is 343 g/mol. The summed E-state index contributed by atoms with van der Waals surface area (Å²) in [5.41, 5.74) is 1.48. The van der Waals surface area contributed by atoms with Crippen molar-refractivity contribution >= 4 is 27.5 Å². The Morgan fingerprint density at radius 3 is 2.79 bits per heavy atom.